The van der Waals surface area contributed by atoms with E-state index in [2.05, 4.69) is 30.0 Å². The molecule has 3 heteroatoms. The highest BCUT2D eigenvalue weighted by atomic mass is 35.5. The van der Waals surface area contributed by atoms with E-state index >= 15 is 0 Å². The molecular weight excluding hydrogens is 184 g/mol. The molecule has 0 saturated carbocycles. The first-order valence-electron chi connectivity index (χ1n) is 4.32. The van der Waals surface area contributed by atoms with E-state index in [9.17, 15) is 0 Å². The summed E-state index contributed by atoms with van der Waals surface area (Å²) in [6.07, 6.45) is 0. The average molecular weight is 197 g/mol. The number of halogens is 1. The molecule has 0 bridgehead atoms. The predicted molar refractivity (Wildman–Crippen MR) is 57.9 cm³/mol. The van der Waals surface area contributed by atoms with Crippen molar-refractivity contribution in [3.05, 3.63) is 22.7 Å². The van der Waals surface area contributed by atoms with Crippen LogP contribution in [0.4, 0.5) is 11.4 Å². The minimum absolute atomic E-state index is 0.848. The Bertz CT molecular complexity index is 316. The molecule has 0 amide bonds. The Morgan fingerprint density at radius 3 is 2.31 bits per heavy atom. The Kier molecular flexibility index (Phi) is 1.88. The largest absolute Gasteiger partial charge is 0.355 e. The van der Waals surface area contributed by atoms with Crippen LogP contribution in [0.15, 0.2) is 12.1 Å². The third-order valence-electron chi connectivity index (χ3n) is 2.50. The lowest BCUT2D eigenvalue weighted by atomic mass is 10.2. The SMILES string of the molecule is Cc1cc2c(cc1Cl)N(C)CN2C. The second-order valence-electron chi connectivity index (χ2n) is 3.63. The summed E-state index contributed by atoms with van der Waals surface area (Å²) >= 11 is 6.06. The maximum atomic E-state index is 6.06. The molecule has 0 fully saturated rings. The number of aryl methyl sites for hydroxylation is 1. The van der Waals surface area contributed by atoms with Crippen LogP contribution in [-0.4, -0.2) is 20.8 Å². The molecule has 0 aromatic heterocycles. The van der Waals surface area contributed by atoms with Gasteiger partial charge in [-0.15, -0.1) is 0 Å². The minimum atomic E-state index is 0.848. The third kappa shape index (κ3) is 1.25. The smallest absolute Gasteiger partial charge is 0.0898 e. The van der Waals surface area contributed by atoms with Crippen molar-refractivity contribution in [2.45, 2.75) is 6.92 Å². The summed E-state index contributed by atoms with van der Waals surface area (Å²) in [6, 6.07) is 4.18. The van der Waals surface area contributed by atoms with Gasteiger partial charge < -0.3 is 9.80 Å². The van der Waals surface area contributed by atoms with Gasteiger partial charge in [0.1, 0.15) is 0 Å². The van der Waals surface area contributed by atoms with Gasteiger partial charge in [0, 0.05) is 19.1 Å². The molecule has 1 aromatic carbocycles. The van der Waals surface area contributed by atoms with Gasteiger partial charge in [0.2, 0.25) is 0 Å². The van der Waals surface area contributed by atoms with Crippen molar-refractivity contribution in [3.8, 4) is 0 Å². The number of nitrogens with zero attached hydrogens (tertiary/aromatic N) is 2. The second kappa shape index (κ2) is 2.81. The van der Waals surface area contributed by atoms with Crippen molar-refractivity contribution in [1.82, 2.24) is 0 Å². The molecule has 1 heterocycles. The Hall–Kier alpha value is -0.890. The number of hydrogen-bond donors (Lipinski definition) is 0. The Balaban J connectivity index is 2.58. The maximum absolute atomic E-state index is 6.06. The molecule has 0 saturated heterocycles. The molecule has 1 aromatic rings. The molecule has 2 rings (SSSR count). The van der Waals surface area contributed by atoms with Gasteiger partial charge in [-0.25, -0.2) is 0 Å². The maximum Gasteiger partial charge on any atom is 0.0898 e. The highest BCUT2D eigenvalue weighted by Gasteiger charge is 2.20. The molecule has 0 spiro atoms. The van der Waals surface area contributed by atoms with Gasteiger partial charge in [-0.2, -0.15) is 0 Å². The van der Waals surface area contributed by atoms with Crippen molar-refractivity contribution in [2.75, 3.05) is 30.6 Å². The molecule has 2 nitrogen and oxygen atoms in total. The van der Waals surface area contributed by atoms with Crippen molar-refractivity contribution in [2.24, 2.45) is 0 Å². The van der Waals surface area contributed by atoms with E-state index in [0.717, 1.165) is 17.3 Å². The molecule has 0 N–H and O–H groups in total. The van der Waals surface area contributed by atoms with E-state index in [4.69, 9.17) is 11.6 Å². The molecular formula is C10H13ClN2. The van der Waals surface area contributed by atoms with Gasteiger partial charge in [0.15, 0.2) is 0 Å². The molecule has 13 heavy (non-hydrogen) atoms. The van der Waals surface area contributed by atoms with Gasteiger partial charge in [0.05, 0.1) is 18.0 Å². The fourth-order valence-electron chi connectivity index (χ4n) is 1.74. The molecule has 1 aliphatic heterocycles. The zero-order valence-corrected chi connectivity index (χ0v) is 8.89. The number of rotatable bonds is 0. The summed E-state index contributed by atoms with van der Waals surface area (Å²) in [5, 5.41) is 0.848. The Morgan fingerprint density at radius 2 is 1.69 bits per heavy atom. The quantitative estimate of drug-likeness (QED) is 0.629. The van der Waals surface area contributed by atoms with Gasteiger partial charge in [-0.3, -0.25) is 0 Å². The van der Waals surface area contributed by atoms with E-state index in [1.54, 1.807) is 0 Å². The van der Waals surface area contributed by atoms with Crippen LogP contribution in [0.25, 0.3) is 0 Å². The lowest BCUT2D eigenvalue weighted by Gasteiger charge is -2.11. The molecule has 70 valence electrons. The van der Waals surface area contributed by atoms with E-state index in [0.29, 0.717) is 0 Å². The number of anilines is 2. The standard InChI is InChI=1S/C10H13ClN2/c1-7-4-9-10(5-8(7)11)13(3)6-12(9)2/h4-5H,6H2,1-3H3. The van der Waals surface area contributed by atoms with Crippen LogP contribution in [-0.2, 0) is 0 Å². The summed E-state index contributed by atoms with van der Waals surface area (Å²) < 4.78 is 0. The zero-order valence-electron chi connectivity index (χ0n) is 8.13. The number of hydrogen-bond acceptors (Lipinski definition) is 2. The Labute approximate surface area is 83.7 Å². The van der Waals surface area contributed by atoms with Crippen LogP contribution >= 0.6 is 11.6 Å². The highest BCUT2D eigenvalue weighted by Crippen LogP contribution is 2.37. The normalized spacial score (nSPS) is 15.1. The van der Waals surface area contributed by atoms with Gasteiger partial charge in [-0.05, 0) is 24.6 Å². The van der Waals surface area contributed by atoms with Crippen molar-refractivity contribution in [3.63, 3.8) is 0 Å². The summed E-state index contributed by atoms with van der Waals surface area (Å²) in [4.78, 5) is 4.42. The van der Waals surface area contributed by atoms with Crippen LogP contribution in [0.3, 0.4) is 0 Å². The van der Waals surface area contributed by atoms with Crippen LogP contribution < -0.4 is 9.80 Å². The fourth-order valence-corrected chi connectivity index (χ4v) is 1.90. The Morgan fingerprint density at radius 1 is 1.15 bits per heavy atom. The summed E-state index contributed by atoms with van der Waals surface area (Å²) in [5.41, 5.74) is 3.63. The predicted octanol–water partition coefficient (Wildman–Crippen LogP) is 2.49. The first-order chi connectivity index (χ1) is 6.09. The van der Waals surface area contributed by atoms with Crippen LogP contribution in [0.1, 0.15) is 5.56 Å². The highest BCUT2D eigenvalue weighted by molar-refractivity contribution is 6.31. The molecule has 0 aliphatic carbocycles. The molecule has 0 atom stereocenters. The zero-order chi connectivity index (χ0) is 9.59. The summed E-state index contributed by atoms with van der Waals surface area (Å²) in [5.74, 6) is 0. The lowest BCUT2D eigenvalue weighted by molar-refractivity contribution is 0.916. The van der Waals surface area contributed by atoms with E-state index in [1.807, 2.05) is 13.0 Å². The van der Waals surface area contributed by atoms with Crippen molar-refractivity contribution in [1.29, 1.82) is 0 Å². The van der Waals surface area contributed by atoms with E-state index in [-0.39, 0.29) is 0 Å². The van der Waals surface area contributed by atoms with E-state index < -0.39 is 0 Å². The molecule has 1 aliphatic rings. The van der Waals surface area contributed by atoms with Gasteiger partial charge in [0.25, 0.3) is 0 Å². The topological polar surface area (TPSA) is 6.48 Å². The van der Waals surface area contributed by atoms with Crippen molar-refractivity contribution >= 4 is 23.0 Å². The van der Waals surface area contributed by atoms with E-state index in [1.165, 1.54) is 11.4 Å². The summed E-state index contributed by atoms with van der Waals surface area (Å²) in [7, 11) is 4.17. The second-order valence-corrected chi connectivity index (χ2v) is 4.03. The average Bonchev–Trinajstić information content (AvgIpc) is 2.31. The third-order valence-corrected chi connectivity index (χ3v) is 2.91. The first-order valence-corrected chi connectivity index (χ1v) is 4.70. The molecule has 0 unspecified atom stereocenters. The van der Waals surface area contributed by atoms with Crippen LogP contribution in [0.2, 0.25) is 5.02 Å². The summed E-state index contributed by atoms with van der Waals surface area (Å²) in [6.45, 7) is 2.98. The minimum Gasteiger partial charge on any atom is -0.355 e. The lowest BCUT2D eigenvalue weighted by Crippen LogP contribution is -2.23. The fraction of sp³-hybridized carbons (Fsp3) is 0.400. The van der Waals surface area contributed by atoms with Crippen LogP contribution in [0.5, 0.6) is 0 Å². The van der Waals surface area contributed by atoms with Crippen molar-refractivity contribution < 1.29 is 0 Å². The van der Waals surface area contributed by atoms with Gasteiger partial charge in [-0.1, -0.05) is 11.6 Å². The van der Waals surface area contributed by atoms with Gasteiger partial charge >= 0.3 is 0 Å². The monoisotopic (exact) mass is 196 g/mol. The van der Waals surface area contributed by atoms with Crippen LogP contribution in [0, 0.1) is 6.92 Å². The first kappa shape index (κ1) is 8.70. The number of fused-ring (bicyclic) bond motifs is 1. The number of benzene rings is 1. The molecule has 0 radical (unpaired) electrons.